The quantitative estimate of drug-likeness (QED) is 0.908. The first kappa shape index (κ1) is 17.5. The summed E-state index contributed by atoms with van der Waals surface area (Å²) in [4.78, 5) is 32.0. The molecule has 0 bridgehead atoms. The van der Waals surface area contributed by atoms with Crippen LogP contribution in [0.4, 0.5) is 0 Å². The molecular formula is C19H26N4O2. The number of aromatic nitrogens is 2. The van der Waals surface area contributed by atoms with Crippen LogP contribution >= 0.6 is 0 Å². The van der Waals surface area contributed by atoms with Gasteiger partial charge in [-0.1, -0.05) is 19.9 Å². The molecule has 0 aliphatic carbocycles. The van der Waals surface area contributed by atoms with Gasteiger partial charge in [0.25, 0.3) is 11.8 Å². The van der Waals surface area contributed by atoms with Gasteiger partial charge in [0.05, 0.1) is 5.52 Å². The number of piperidine rings is 1. The molecule has 6 nitrogen and oxygen atoms in total. The summed E-state index contributed by atoms with van der Waals surface area (Å²) in [6, 6.07) is 5.80. The molecule has 1 N–H and O–H groups in total. The Labute approximate surface area is 148 Å². The highest BCUT2D eigenvalue weighted by Crippen LogP contribution is 2.23. The largest absolute Gasteiger partial charge is 0.351 e. The highest BCUT2D eigenvalue weighted by molar-refractivity contribution is 6.02. The van der Waals surface area contributed by atoms with Crippen molar-refractivity contribution in [2.75, 3.05) is 13.1 Å². The van der Waals surface area contributed by atoms with Crippen molar-refractivity contribution in [3.8, 4) is 0 Å². The molecule has 134 valence electrons. The fourth-order valence-corrected chi connectivity index (χ4v) is 3.50. The maximum atomic E-state index is 13.1. The number of rotatable bonds is 5. The first-order chi connectivity index (χ1) is 12.2. The first-order valence-corrected chi connectivity index (χ1v) is 9.23. The number of hydrogen-bond donors (Lipinski definition) is 1. The van der Waals surface area contributed by atoms with E-state index in [-0.39, 0.29) is 17.9 Å². The lowest BCUT2D eigenvalue weighted by atomic mass is 10.00. The highest BCUT2D eigenvalue weighted by Gasteiger charge is 2.30. The van der Waals surface area contributed by atoms with Crippen LogP contribution in [-0.2, 0) is 0 Å². The molecule has 2 amide bonds. The average molecular weight is 342 g/mol. The van der Waals surface area contributed by atoms with E-state index in [0.717, 1.165) is 38.6 Å². The van der Waals surface area contributed by atoms with Crippen molar-refractivity contribution in [3.63, 3.8) is 0 Å². The molecule has 2 aromatic rings. The maximum absolute atomic E-state index is 13.1. The zero-order valence-electron chi connectivity index (χ0n) is 15.0. The predicted octanol–water partition coefficient (Wildman–Crippen LogP) is 2.88. The Hall–Kier alpha value is -2.37. The molecule has 1 atom stereocenters. The van der Waals surface area contributed by atoms with Gasteiger partial charge >= 0.3 is 0 Å². The van der Waals surface area contributed by atoms with Crippen molar-refractivity contribution in [2.45, 2.75) is 52.0 Å². The van der Waals surface area contributed by atoms with Crippen LogP contribution in [0.3, 0.4) is 0 Å². The van der Waals surface area contributed by atoms with Gasteiger partial charge < -0.3 is 10.2 Å². The standard InChI is InChI=1S/C19H26N4O2/c1-3-11-20-18(24)16-15-10-6-8-13-23(15)17(21-16)19(25)22-12-7-5-9-14(22)4-2/h6,8,10,13-14H,3-5,7,9,11-12H2,1-2H3,(H,20,24). The second kappa shape index (κ2) is 7.68. The van der Waals surface area contributed by atoms with Gasteiger partial charge in [0.1, 0.15) is 0 Å². The predicted molar refractivity (Wildman–Crippen MR) is 96.8 cm³/mol. The Balaban J connectivity index is 1.98. The second-order valence-electron chi connectivity index (χ2n) is 6.55. The zero-order valence-corrected chi connectivity index (χ0v) is 15.0. The number of hydrogen-bond acceptors (Lipinski definition) is 3. The van der Waals surface area contributed by atoms with Crippen molar-refractivity contribution in [2.24, 2.45) is 0 Å². The van der Waals surface area contributed by atoms with Crippen LogP contribution in [0.5, 0.6) is 0 Å². The summed E-state index contributed by atoms with van der Waals surface area (Å²) in [6.07, 6.45) is 6.82. The van der Waals surface area contributed by atoms with Gasteiger partial charge in [0.2, 0.25) is 5.82 Å². The third-order valence-corrected chi connectivity index (χ3v) is 4.85. The summed E-state index contributed by atoms with van der Waals surface area (Å²) in [5.74, 6) is 0.0233. The van der Waals surface area contributed by atoms with Crippen molar-refractivity contribution in [1.82, 2.24) is 19.6 Å². The molecule has 3 heterocycles. The molecule has 2 aromatic heterocycles. The summed E-state index contributed by atoms with van der Waals surface area (Å²) in [5, 5.41) is 2.85. The number of carbonyl (C=O) groups excluding carboxylic acids is 2. The van der Waals surface area contributed by atoms with Gasteiger partial charge in [0.15, 0.2) is 5.69 Å². The molecule has 1 aliphatic rings. The van der Waals surface area contributed by atoms with E-state index < -0.39 is 0 Å². The zero-order chi connectivity index (χ0) is 17.8. The van der Waals surface area contributed by atoms with E-state index in [0.29, 0.717) is 23.6 Å². The molecule has 1 saturated heterocycles. The third-order valence-electron chi connectivity index (χ3n) is 4.85. The van der Waals surface area contributed by atoms with Gasteiger partial charge in [-0.3, -0.25) is 14.0 Å². The van der Waals surface area contributed by atoms with E-state index in [4.69, 9.17) is 0 Å². The first-order valence-electron chi connectivity index (χ1n) is 9.23. The molecule has 6 heteroatoms. The highest BCUT2D eigenvalue weighted by atomic mass is 16.2. The van der Waals surface area contributed by atoms with Crippen LogP contribution in [0.25, 0.3) is 5.52 Å². The van der Waals surface area contributed by atoms with Crippen LogP contribution < -0.4 is 5.32 Å². The van der Waals surface area contributed by atoms with Gasteiger partial charge in [-0.15, -0.1) is 0 Å². The van der Waals surface area contributed by atoms with Crippen LogP contribution in [0.15, 0.2) is 24.4 Å². The van der Waals surface area contributed by atoms with Gasteiger partial charge in [-0.25, -0.2) is 4.98 Å². The molecule has 0 spiro atoms. The summed E-state index contributed by atoms with van der Waals surface area (Å²) in [5.41, 5.74) is 0.993. The van der Waals surface area contributed by atoms with Crippen LogP contribution in [0, 0.1) is 0 Å². The van der Waals surface area contributed by atoms with Crippen molar-refractivity contribution in [1.29, 1.82) is 0 Å². The summed E-state index contributed by atoms with van der Waals surface area (Å²) >= 11 is 0. The number of amides is 2. The fraction of sp³-hybridized carbons (Fsp3) is 0.526. The lowest BCUT2D eigenvalue weighted by molar-refractivity contribution is 0.0594. The molecule has 0 radical (unpaired) electrons. The number of pyridine rings is 1. The van der Waals surface area contributed by atoms with Crippen LogP contribution in [0.2, 0.25) is 0 Å². The van der Waals surface area contributed by atoms with Crippen molar-refractivity contribution in [3.05, 3.63) is 35.9 Å². The minimum Gasteiger partial charge on any atom is -0.351 e. The van der Waals surface area contributed by atoms with E-state index in [1.165, 1.54) is 0 Å². The van der Waals surface area contributed by atoms with Gasteiger partial charge in [-0.05, 0) is 44.2 Å². The normalized spacial score (nSPS) is 17.7. The van der Waals surface area contributed by atoms with Crippen molar-refractivity contribution >= 4 is 17.3 Å². The van der Waals surface area contributed by atoms with Crippen LogP contribution in [0.1, 0.15) is 67.1 Å². The topological polar surface area (TPSA) is 66.7 Å². The van der Waals surface area contributed by atoms with Gasteiger partial charge in [0, 0.05) is 25.3 Å². The molecule has 0 aromatic carbocycles. The number of fused-ring (bicyclic) bond motifs is 1. The van der Waals surface area contributed by atoms with E-state index in [1.807, 2.05) is 30.0 Å². The minimum absolute atomic E-state index is 0.0812. The number of imidazole rings is 1. The third kappa shape index (κ3) is 3.38. The van der Waals surface area contributed by atoms with E-state index in [9.17, 15) is 9.59 Å². The smallest absolute Gasteiger partial charge is 0.290 e. The molecule has 1 fully saturated rings. The number of likely N-dealkylation sites (tertiary alicyclic amines) is 1. The van der Waals surface area contributed by atoms with E-state index in [1.54, 1.807) is 10.6 Å². The Morgan fingerprint density at radius 2 is 2.12 bits per heavy atom. The van der Waals surface area contributed by atoms with E-state index in [2.05, 4.69) is 17.2 Å². The minimum atomic E-state index is -0.227. The van der Waals surface area contributed by atoms with Gasteiger partial charge in [-0.2, -0.15) is 0 Å². The van der Waals surface area contributed by atoms with Crippen LogP contribution in [-0.4, -0.2) is 45.2 Å². The molecule has 1 unspecified atom stereocenters. The Morgan fingerprint density at radius 3 is 2.88 bits per heavy atom. The number of carbonyl (C=O) groups is 2. The monoisotopic (exact) mass is 342 g/mol. The maximum Gasteiger partial charge on any atom is 0.290 e. The van der Waals surface area contributed by atoms with E-state index >= 15 is 0 Å². The summed E-state index contributed by atoms with van der Waals surface area (Å²) < 4.78 is 1.74. The lowest BCUT2D eigenvalue weighted by Gasteiger charge is -2.34. The number of nitrogens with one attached hydrogen (secondary N) is 1. The lowest BCUT2D eigenvalue weighted by Crippen LogP contribution is -2.44. The molecular weight excluding hydrogens is 316 g/mol. The molecule has 3 rings (SSSR count). The Morgan fingerprint density at radius 1 is 1.28 bits per heavy atom. The second-order valence-corrected chi connectivity index (χ2v) is 6.55. The fourth-order valence-electron chi connectivity index (χ4n) is 3.50. The van der Waals surface area contributed by atoms with Crippen molar-refractivity contribution < 1.29 is 9.59 Å². The Kier molecular flexibility index (Phi) is 5.36. The Bertz CT molecular complexity index is 768. The molecule has 1 aliphatic heterocycles. The average Bonchev–Trinajstić information content (AvgIpc) is 3.05. The number of nitrogens with zero attached hydrogens (tertiary/aromatic N) is 3. The molecule has 0 saturated carbocycles. The molecule has 25 heavy (non-hydrogen) atoms. The summed E-state index contributed by atoms with van der Waals surface area (Å²) in [6.45, 7) is 5.47. The SMILES string of the molecule is CCCNC(=O)c1nc(C(=O)N2CCCCC2CC)n2ccccc12. The summed E-state index contributed by atoms with van der Waals surface area (Å²) in [7, 11) is 0.